The Bertz CT molecular complexity index is 389. The van der Waals surface area contributed by atoms with Crippen LogP contribution in [0.15, 0.2) is 17.5 Å². The summed E-state index contributed by atoms with van der Waals surface area (Å²) in [5.74, 6) is 0.733. The van der Waals surface area contributed by atoms with Crippen LogP contribution in [0.5, 0.6) is 0 Å². The van der Waals surface area contributed by atoms with E-state index in [-0.39, 0.29) is 18.0 Å². The molecule has 2 rings (SSSR count). The predicted molar refractivity (Wildman–Crippen MR) is 75.4 cm³/mol. The van der Waals surface area contributed by atoms with E-state index in [1.54, 1.807) is 11.3 Å². The molecule has 0 aliphatic carbocycles. The monoisotopic (exact) mass is 266 g/mol. The Labute approximate surface area is 113 Å². The SMILES string of the molecule is CC(C)CN1C(=O)CCCC(N)C1c1cccs1. The first-order chi connectivity index (χ1) is 8.59. The summed E-state index contributed by atoms with van der Waals surface area (Å²) in [4.78, 5) is 15.5. The summed E-state index contributed by atoms with van der Waals surface area (Å²) >= 11 is 1.70. The van der Waals surface area contributed by atoms with Crippen molar-refractivity contribution in [3.63, 3.8) is 0 Å². The highest BCUT2D eigenvalue weighted by atomic mass is 32.1. The van der Waals surface area contributed by atoms with Crippen LogP contribution in [0.4, 0.5) is 0 Å². The highest BCUT2D eigenvalue weighted by Crippen LogP contribution is 2.33. The van der Waals surface area contributed by atoms with E-state index in [1.165, 1.54) is 4.88 Å². The lowest BCUT2D eigenvalue weighted by Crippen LogP contribution is -2.43. The van der Waals surface area contributed by atoms with Crippen molar-refractivity contribution in [1.29, 1.82) is 0 Å². The first kappa shape index (κ1) is 13.6. The maximum Gasteiger partial charge on any atom is 0.223 e. The zero-order valence-electron chi connectivity index (χ0n) is 11.1. The van der Waals surface area contributed by atoms with Crippen LogP contribution in [0.3, 0.4) is 0 Å². The number of nitrogens with two attached hydrogens (primary N) is 1. The van der Waals surface area contributed by atoms with Crippen molar-refractivity contribution in [1.82, 2.24) is 4.90 Å². The zero-order chi connectivity index (χ0) is 13.1. The van der Waals surface area contributed by atoms with Crippen molar-refractivity contribution in [2.75, 3.05) is 6.54 Å². The fourth-order valence-electron chi connectivity index (χ4n) is 2.61. The minimum absolute atomic E-state index is 0.0637. The lowest BCUT2D eigenvalue weighted by atomic mass is 10.0. The van der Waals surface area contributed by atoms with Gasteiger partial charge in [0, 0.05) is 23.9 Å². The molecular weight excluding hydrogens is 244 g/mol. The van der Waals surface area contributed by atoms with Crippen molar-refractivity contribution in [2.24, 2.45) is 11.7 Å². The van der Waals surface area contributed by atoms with Gasteiger partial charge >= 0.3 is 0 Å². The third-order valence-corrected chi connectivity index (χ3v) is 4.33. The van der Waals surface area contributed by atoms with E-state index in [0.29, 0.717) is 12.3 Å². The van der Waals surface area contributed by atoms with E-state index in [1.807, 2.05) is 11.0 Å². The molecule has 4 heteroatoms. The van der Waals surface area contributed by atoms with E-state index >= 15 is 0 Å². The summed E-state index contributed by atoms with van der Waals surface area (Å²) in [5, 5.41) is 2.06. The number of likely N-dealkylation sites (tertiary alicyclic amines) is 1. The standard InChI is InChI=1S/C14H22N2OS/c1-10(2)9-16-13(17)7-3-5-11(15)14(16)12-6-4-8-18-12/h4,6,8,10-11,14H,3,5,7,9,15H2,1-2H3. The molecule has 0 bridgehead atoms. The third-order valence-electron chi connectivity index (χ3n) is 3.39. The second-order valence-electron chi connectivity index (χ2n) is 5.46. The smallest absolute Gasteiger partial charge is 0.223 e. The molecule has 0 saturated carbocycles. The van der Waals surface area contributed by atoms with Crippen molar-refractivity contribution < 1.29 is 4.79 Å². The molecule has 0 radical (unpaired) electrons. The second-order valence-corrected chi connectivity index (χ2v) is 6.44. The van der Waals surface area contributed by atoms with E-state index < -0.39 is 0 Å². The van der Waals surface area contributed by atoms with Gasteiger partial charge in [-0.1, -0.05) is 19.9 Å². The van der Waals surface area contributed by atoms with Gasteiger partial charge in [-0.25, -0.2) is 0 Å². The molecule has 1 aromatic rings. The van der Waals surface area contributed by atoms with Gasteiger partial charge in [0.1, 0.15) is 0 Å². The fourth-order valence-corrected chi connectivity index (χ4v) is 3.52. The maximum absolute atomic E-state index is 12.3. The Balaban J connectivity index is 2.30. The highest BCUT2D eigenvalue weighted by Gasteiger charge is 2.33. The van der Waals surface area contributed by atoms with E-state index in [4.69, 9.17) is 5.73 Å². The molecule has 3 nitrogen and oxygen atoms in total. The third kappa shape index (κ3) is 2.93. The van der Waals surface area contributed by atoms with E-state index in [9.17, 15) is 4.79 Å². The molecule has 1 aliphatic heterocycles. The number of thiophene rings is 1. The van der Waals surface area contributed by atoms with Crippen LogP contribution in [-0.4, -0.2) is 23.4 Å². The molecule has 0 spiro atoms. The molecule has 1 saturated heterocycles. The number of nitrogens with zero attached hydrogens (tertiary/aromatic N) is 1. The summed E-state index contributed by atoms with van der Waals surface area (Å²) in [5.41, 5.74) is 6.31. The lowest BCUT2D eigenvalue weighted by molar-refractivity contribution is -0.133. The van der Waals surface area contributed by atoms with Gasteiger partial charge in [0.2, 0.25) is 5.91 Å². The topological polar surface area (TPSA) is 46.3 Å². The van der Waals surface area contributed by atoms with Gasteiger partial charge in [-0.2, -0.15) is 0 Å². The van der Waals surface area contributed by atoms with Crippen LogP contribution < -0.4 is 5.73 Å². The van der Waals surface area contributed by atoms with E-state index in [0.717, 1.165) is 19.4 Å². The minimum atomic E-state index is 0.0637. The average molecular weight is 266 g/mol. The lowest BCUT2D eigenvalue weighted by Gasteiger charge is -2.34. The fraction of sp³-hybridized carbons (Fsp3) is 0.643. The summed E-state index contributed by atoms with van der Waals surface area (Å²) < 4.78 is 0. The second kappa shape index (κ2) is 5.85. The van der Waals surface area contributed by atoms with Crippen LogP contribution in [0.25, 0.3) is 0 Å². The Morgan fingerprint density at radius 2 is 2.33 bits per heavy atom. The average Bonchev–Trinajstić information content (AvgIpc) is 2.77. The highest BCUT2D eigenvalue weighted by molar-refractivity contribution is 7.10. The molecule has 2 unspecified atom stereocenters. The Morgan fingerprint density at radius 3 is 2.94 bits per heavy atom. The zero-order valence-corrected chi connectivity index (χ0v) is 12.0. The van der Waals surface area contributed by atoms with Crippen LogP contribution >= 0.6 is 11.3 Å². The summed E-state index contributed by atoms with van der Waals surface area (Å²) in [6.45, 7) is 5.10. The minimum Gasteiger partial charge on any atom is -0.333 e. The first-order valence-corrected chi connectivity index (χ1v) is 7.56. The number of rotatable bonds is 3. The van der Waals surface area contributed by atoms with Gasteiger partial charge in [0.15, 0.2) is 0 Å². The predicted octanol–water partition coefficient (Wildman–Crippen LogP) is 2.79. The molecular formula is C14H22N2OS. The van der Waals surface area contributed by atoms with Crippen molar-refractivity contribution >= 4 is 17.2 Å². The summed E-state index contributed by atoms with van der Waals surface area (Å²) in [6.07, 6.45) is 2.49. The van der Waals surface area contributed by atoms with Crippen molar-refractivity contribution in [2.45, 2.75) is 45.2 Å². The quantitative estimate of drug-likeness (QED) is 0.914. The van der Waals surface area contributed by atoms with Gasteiger partial charge in [-0.05, 0) is 30.2 Å². The van der Waals surface area contributed by atoms with Crippen LogP contribution in [0.2, 0.25) is 0 Å². The van der Waals surface area contributed by atoms with Crippen LogP contribution in [0.1, 0.15) is 44.0 Å². The van der Waals surface area contributed by atoms with Gasteiger partial charge in [0.05, 0.1) is 6.04 Å². The van der Waals surface area contributed by atoms with Gasteiger partial charge in [0.25, 0.3) is 0 Å². The van der Waals surface area contributed by atoms with Gasteiger partial charge < -0.3 is 10.6 Å². The first-order valence-electron chi connectivity index (χ1n) is 6.68. The van der Waals surface area contributed by atoms with Crippen LogP contribution in [-0.2, 0) is 4.79 Å². The summed E-state index contributed by atoms with van der Waals surface area (Å²) in [6, 6.07) is 4.27. The number of carbonyl (C=O) groups is 1. The van der Waals surface area contributed by atoms with Gasteiger partial charge in [-0.15, -0.1) is 11.3 Å². The molecule has 1 amide bonds. The molecule has 1 aromatic heterocycles. The molecule has 2 heterocycles. The molecule has 100 valence electrons. The van der Waals surface area contributed by atoms with Gasteiger partial charge in [-0.3, -0.25) is 4.79 Å². The largest absolute Gasteiger partial charge is 0.333 e. The Kier molecular flexibility index (Phi) is 4.40. The Morgan fingerprint density at radius 1 is 1.56 bits per heavy atom. The number of hydrogen-bond acceptors (Lipinski definition) is 3. The van der Waals surface area contributed by atoms with E-state index in [2.05, 4.69) is 25.3 Å². The molecule has 18 heavy (non-hydrogen) atoms. The molecule has 2 N–H and O–H groups in total. The molecule has 1 aliphatic rings. The van der Waals surface area contributed by atoms with Crippen molar-refractivity contribution in [3.05, 3.63) is 22.4 Å². The maximum atomic E-state index is 12.3. The normalized spacial score (nSPS) is 25.6. The molecule has 0 aromatic carbocycles. The molecule has 1 fully saturated rings. The number of carbonyl (C=O) groups excluding carboxylic acids is 1. The molecule has 2 atom stereocenters. The van der Waals surface area contributed by atoms with Crippen molar-refractivity contribution in [3.8, 4) is 0 Å². The number of hydrogen-bond donors (Lipinski definition) is 1. The Hall–Kier alpha value is -0.870. The van der Waals surface area contributed by atoms with Crippen LogP contribution in [0, 0.1) is 5.92 Å². The number of amides is 1. The summed E-state index contributed by atoms with van der Waals surface area (Å²) in [7, 11) is 0.